The van der Waals surface area contributed by atoms with Gasteiger partial charge in [-0.25, -0.2) is 13.6 Å². The van der Waals surface area contributed by atoms with Gasteiger partial charge in [-0.05, 0) is 37.6 Å². The average molecular weight is 318 g/mol. The maximum absolute atomic E-state index is 11.9. The number of rotatable bonds is 6. The summed E-state index contributed by atoms with van der Waals surface area (Å²) in [7, 11) is -4.64. The Hall–Kier alpha value is -1.25. The number of nitrogens with one attached hydrogen (secondary N) is 1. The van der Waals surface area contributed by atoms with E-state index in [4.69, 9.17) is 5.14 Å². The molecule has 0 saturated carbocycles. The maximum atomic E-state index is 11.9. The lowest BCUT2D eigenvalue weighted by Crippen LogP contribution is -2.33. The minimum absolute atomic E-state index is 0.0384. The molecular formula is C12H18N2O4S2. The number of carbonyl (C=O) groups is 1. The summed E-state index contributed by atoms with van der Waals surface area (Å²) in [5.74, 6) is 0.214. The number of nitrogens with two attached hydrogens (primary N) is 1. The Labute approximate surface area is 121 Å². The molecule has 0 saturated heterocycles. The highest BCUT2D eigenvalue weighted by molar-refractivity contribution is 7.89. The van der Waals surface area contributed by atoms with E-state index in [9.17, 15) is 17.4 Å². The van der Waals surface area contributed by atoms with Gasteiger partial charge in [-0.2, -0.15) is 0 Å². The molecule has 2 atom stereocenters. The van der Waals surface area contributed by atoms with Crippen molar-refractivity contribution in [2.75, 3.05) is 12.0 Å². The summed E-state index contributed by atoms with van der Waals surface area (Å²) in [6, 6.07) is 5.27. The second-order valence-corrected chi connectivity index (χ2v) is 7.63. The molecule has 3 N–H and O–H groups in total. The molecule has 112 valence electrons. The fraction of sp³-hybridized carbons (Fsp3) is 0.417. The molecule has 1 amide bonds. The van der Waals surface area contributed by atoms with Crippen LogP contribution in [0.15, 0.2) is 29.2 Å². The third kappa shape index (κ3) is 5.40. The minimum atomic E-state index is -3.75. The van der Waals surface area contributed by atoms with E-state index in [0.717, 1.165) is 0 Å². The van der Waals surface area contributed by atoms with E-state index in [0.29, 0.717) is 17.7 Å². The summed E-state index contributed by atoms with van der Waals surface area (Å²) >= 11 is 0. The van der Waals surface area contributed by atoms with Crippen LogP contribution in [0.25, 0.3) is 0 Å². The highest BCUT2D eigenvalue weighted by Crippen LogP contribution is 2.09. The molecule has 0 aliphatic heterocycles. The molecule has 0 fully saturated rings. The molecule has 1 aromatic rings. The third-order valence-electron chi connectivity index (χ3n) is 2.66. The van der Waals surface area contributed by atoms with Gasteiger partial charge in [-0.1, -0.05) is 0 Å². The molecule has 0 aliphatic rings. The van der Waals surface area contributed by atoms with Crippen molar-refractivity contribution in [1.29, 1.82) is 0 Å². The van der Waals surface area contributed by atoms with Gasteiger partial charge in [0.25, 0.3) is 5.91 Å². The summed E-state index contributed by atoms with van der Waals surface area (Å²) < 4.78 is 33.1. The van der Waals surface area contributed by atoms with Gasteiger partial charge >= 0.3 is 0 Å². The lowest BCUT2D eigenvalue weighted by atomic mass is 10.2. The van der Waals surface area contributed by atoms with Crippen LogP contribution in [0.3, 0.4) is 0 Å². The largest absolute Gasteiger partial charge is 0.350 e. The SMILES string of the molecule is CC(CCS(C)=O)NC(=O)c1ccc(S(N)(=O)=O)cc1. The molecular weight excluding hydrogens is 300 g/mol. The molecule has 0 aliphatic carbocycles. The minimum Gasteiger partial charge on any atom is -0.350 e. The fourth-order valence-electron chi connectivity index (χ4n) is 1.52. The molecule has 0 spiro atoms. The second kappa shape index (κ2) is 6.96. The Morgan fingerprint density at radius 1 is 1.35 bits per heavy atom. The molecule has 1 aromatic carbocycles. The average Bonchev–Trinajstić information content (AvgIpc) is 2.35. The fourth-order valence-corrected chi connectivity index (χ4v) is 2.72. The van der Waals surface area contributed by atoms with Gasteiger partial charge < -0.3 is 5.32 Å². The summed E-state index contributed by atoms with van der Waals surface area (Å²) in [5, 5.41) is 7.73. The first-order valence-corrected chi connectivity index (χ1v) is 9.21. The quantitative estimate of drug-likeness (QED) is 0.782. The summed E-state index contributed by atoms with van der Waals surface area (Å²) in [5.41, 5.74) is 0.349. The Bertz CT molecular complexity index is 596. The molecule has 6 nitrogen and oxygen atoms in total. The van der Waals surface area contributed by atoms with E-state index in [1.54, 1.807) is 6.26 Å². The van der Waals surface area contributed by atoms with E-state index in [-0.39, 0.29) is 16.8 Å². The zero-order valence-electron chi connectivity index (χ0n) is 11.3. The third-order valence-corrected chi connectivity index (χ3v) is 4.40. The van der Waals surface area contributed by atoms with Crippen molar-refractivity contribution in [2.45, 2.75) is 24.3 Å². The van der Waals surface area contributed by atoms with E-state index in [1.807, 2.05) is 6.92 Å². The first kappa shape index (κ1) is 16.8. The van der Waals surface area contributed by atoms with Crippen LogP contribution in [-0.2, 0) is 20.8 Å². The highest BCUT2D eigenvalue weighted by Gasteiger charge is 2.12. The molecule has 0 bridgehead atoms. The van der Waals surface area contributed by atoms with Crippen molar-refractivity contribution in [3.05, 3.63) is 29.8 Å². The Balaban J connectivity index is 2.66. The number of amides is 1. The zero-order chi connectivity index (χ0) is 15.3. The van der Waals surface area contributed by atoms with E-state index >= 15 is 0 Å². The predicted octanol–water partition coefficient (Wildman–Crippen LogP) is 0.221. The van der Waals surface area contributed by atoms with E-state index in [2.05, 4.69) is 5.32 Å². The normalized spacial score (nSPS) is 14.6. The second-order valence-electron chi connectivity index (χ2n) is 4.51. The van der Waals surface area contributed by atoms with Crippen LogP contribution in [-0.4, -0.2) is 36.6 Å². The lowest BCUT2D eigenvalue weighted by Gasteiger charge is -2.13. The van der Waals surface area contributed by atoms with Crippen molar-refractivity contribution in [3.63, 3.8) is 0 Å². The monoisotopic (exact) mass is 318 g/mol. The van der Waals surface area contributed by atoms with Crippen LogP contribution in [0, 0.1) is 0 Å². The van der Waals surface area contributed by atoms with Crippen molar-refractivity contribution in [3.8, 4) is 0 Å². The molecule has 20 heavy (non-hydrogen) atoms. The Morgan fingerprint density at radius 2 is 1.90 bits per heavy atom. The highest BCUT2D eigenvalue weighted by atomic mass is 32.2. The Morgan fingerprint density at radius 3 is 2.35 bits per heavy atom. The van der Waals surface area contributed by atoms with E-state index < -0.39 is 20.8 Å². The standard InChI is InChI=1S/C12H18N2O4S2/c1-9(7-8-19(2)16)14-12(15)10-3-5-11(6-4-10)20(13,17)18/h3-6,9H,7-8H2,1-2H3,(H,14,15)(H2,13,17,18). The van der Waals surface area contributed by atoms with Crippen molar-refractivity contribution in [1.82, 2.24) is 5.32 Å². The van der Waals surface area contributed by atoms with Crippen molar-refractivity contribution in [2.24, 2.45) is 5.14 Å². The molecule has 0 heterocycles. The van der Waals surface area contributed by atoms with Gasteiger partial charge in [0.1, 0.15) is 0 Å². The van der Waals surface area contributed by atoms with Gasteiger partial charge in [0.2, 0.25) is 10.0 Å². The zero-order valence-corrected chi connectivity index (χ0v) is 13.0. The number of hydrogen-bond acceptors (Lipinski definition) is 4. The summed E-state index contributed by atoms with van der Waals surface area (Å²) in [6.45, 7) is 1.82. The first-order chi connectivity index (χ1) is 9.20. The van der Waals surface area contributed by atoms with Crippen LogP contribution in [0.2, 0.25) is 0 Å². The summed E-state index contributed by atoms with van der Waals surface area (Å²) in [6.07, 6.45) is 2.23. The van der Waals surface area contributed by atoms with Gasteiger partial charge in [-0.3, -0.25) is 9.00 Å². The van der Waals surface area contributed by atoms with Gasteiger partial charge in [-0.15, -0.1) is 0 Å². The predicted molar refractivity (Wildman–Crippen MR) is 78.3 cm³/mol. The van der Waals surface area contributed by atoms with Crippen LogP contribution in [0.4, 0.5) is 0 Å². The van der Waals surface area contributed by atoms with Gasteiger partial charge in [0.05, 0.1) is 4.90 Å². The molecule has 2 unspecified atom stereocenters. The number of hydrogen-bond donors (Lipinski definition) is 2. The molecule has 8 heteroatoms. The van der Waals surface area contributed by atoms with Crippen molar-refractivity contribution >= 4 is 26.7 Å². The van der Waals surface area contributed by atoms with Gasteiger partial charge in [0.15, 0.2) is 0 Å². The van der Waals surface area contributed by atoms with Crippen molar-refractivity contribution < 1.29 is 17.4 Å². The smallest absolute Gasteiger partial charge is 0.251 e. The number of sulfonamides is 1. The summed E-state index contributed by atoms with van der Waals surface area (Å²) in [4.78, 5) is 11.9. The molecule has 0 radical (unpaired) electrons. The first-order valence-electron chi connectivity index (χ1n) is 5.94. The lowest BCUT2D eigenvalue weighted by molar-refractivity contribution is 0.0939. The Kier molecular flexibility index (Phi) is 5.85. The number of primary sulfonamides is 1. The van der Waals surface area contributed by atoms with Crippen LogP contribution in [0.5, 0.6) is 0 Å². The van der Waals surface area contributed by atoms with Crippen LogP contribution in [0.1, 0.15) is 23.7 Å². The van der Waals surface area contributed by atoms with Crippen LogP contribution < -0.4 is 10.5 Å². The van der Waals surface area contributed by atoms with Crippen LogP contribution >= 0.6 is 0 Å². The molecule has 1 rings (SSSR count). The molecule has 0 aromatic heterocycles. The van der Waals surface area contributed by atoms with Gasteiger partial charge in [0, 0.05) is 34.4 Å². The topological polar surface area (TPSA) is 106 Å². The number of benzene rings is 1. The van der Waals surface area contributed by atoms with E-state index in [1.165, 1.54) is 24.3 Å². The number of carbonyl (C=O) groups excluding carboxylic acids is 1. The maximum Gasteiger partial charge on any atom is 0.251 e.